The standard InChI is InChI=1S/C19H16N4OS.C5H11NO/c1-12-16(18(24)23-14-7-3-2-4-8-14)17(13-6-5-9-21-11-13)15(10-20)19(25)22-12;1-6-2-4-7-5-3-6/h2-9,11,17,22,25H,1H3,(H,23,24);2-5H2,1H3. The summed E-state index contributed by atoms with van der Waals surface area (Å²) >= 11 is 4.37. The molecule has 0 spiro atoms. The summed E-state index contributed by atoms with van der Waals surface area (Å²) < 4.78 is 5.10. The second kappa shape index (κ2) is 11.5. The lowest BCUT2D eigenvalue weighted by Gasteiger charge is -2.28. The molecule has 2 aliphatic heterocycles. The number of anilines is 1. The summed E-state index contributed by atoms with van der Waals surface area (Å²) in [4.78, 5) is 19.3. The van der Waals surface area contributed by atoms with E-state index < -0.39 is 5.92 Å². The lowest BCUT2D eigenvalue weighted by atomic mass is 9.83. The molecule has 2 aromatic rings. The van der Waals surface area contributed by atoms with Crippen molar-refractivity contribution in [3.63, 3.8) is 0 Å². The van der Waals surface area contributed by atoms with E-state index in [0.29, 0.717) is 27.6 Å². The van der Waals surface area contributed by atoms with Crippen molar-refractivity contribution < 1.29 is 9.53 Å². The molecule has 1 amide bonds. The van der Waals surface area contributed by atoms with Gasteiger partial charge in [0, 0.05) is 42.4 Å². The molecular weight excluding hydrogens is 422 g/mol. The van der Waals surface area contributed by atoms with Crippen molar-refractivity contribution in [2.24, 2.45) is 0 Å². The Morgan fingerprint density at radius 1 is 1.25 bits per heavy atom. The minimum Gasteiger partial charge on any atom is -0.379 e. The van der Waals surface area contributed by atoms with Crippen molar-refractivity contribution in [1.82, 2.24) is 15.2 Å². The van der Waals surface area contributed by atoms with Crippen LogP contribution in [0.3, 0.4) is 0 Å². The number of thiol groups is 1. The van der Waals surface area contributed by atoms with Gasteiger partial charge in [0.25, 0.3) is 5.91 Å². The van der Waals surface area contributed by atoms with Crippen molar-refractivity contribution in [3.8, 4) is 6.07 Å². The molecule has 1 aromatic heterocycles. The van der Waals surface area contributed by atoms with Gasteiger partial charge >= 0.3 is 0 Å². The third-order valence-electron chi connectivity index (χ3n) is 5.19. The Labute approximate surface area is 194 Å². The van der Waals surface area contributed by atoms with Gasteiger partial charge in [0.1, 0.15) is 0 Å². The van der Waals surface area contributed by atoms with Gasteiger partial charge in [-0.15, -0.1) is 12.6 Å². The van der Waals surface area contributed by atoms with Crippen LogP contribution in [0.4, 0.5) is 5.69 Å². The molecule has 0 saturated carbocycles. The number of allylic oxidation sites excluding steroid dienone is 2. The Balaban J connectivity index is 0.000000352. The van der Waals surface area contributed by atoms with Crippen LogP contribution in [0, 0.1) is 11.3 Å². The summed E-state index contributed by atoms with van der Waals surface area (Å²) in [6, 6.07) is 15.0. The zero-order valence-electron chi connectivity index (χ0n) is 18.2. The molecule has 166 valence electrons. The summed E-state index contributed by atoms with van der Waals surface area (Å²) in [6.07, 6.45) is 3.32. The number of benzene rings is 1. The van der Waals surface area contributed by atoms with E-state index >= 15 is 0 Å². The molecule has 32 heavy (non-hydrogen) atoms. The zero-order valence-corrected chi connectivity index (χ0v) is 19.1. The van der Waals surface area contributed by atoms with Gasteiger partial charge < -0.3 is 20.3 Å². The van der Waals surface area contributed by atoms with E-state index in [2.05, 4.69) is 46.3 Å². The fraction of sp³-hybridized carbons (Fsp3) is 0.292. The van der Waals surface area contributed by atoms with Crippen LogP contribution < -0.4 is 10.6 Å². The van der Waals surface area contributed by atoms with Gasteiger partial charge in [-0.05, 0) is 37.7 Å². The number of dihydropyridines is 1. The van der Waals surface area contributed by atoms with E-state index in [9.17, 15) is 10.1 Å². The molecule has 1 saturated heterocycles. The second-order valence-electron chi connectivity index (χ2n) is 7.49. The molecule has 2 N–H and O–H groups in total. The van der Waals surface area contributed by atoms with E-state index in [1.807, 2.05) is 36.4 Å². The van der Waals surface area contributed by atoms with E-state index in [-0.39, 0.29) is 5.91 Å². The maximum absolute atomic E-state index is 12.9. The zero-order chi connectivity index (χ0) is 22.9. The summed E-state index contributed by atoms with van der Waals surface area (Å²) in [7, 11) is 2.11. The molecule has 1 unspecified atom stereocenters. The number of ether oxygens (including phenoxy) is 1. The minimum absolute atomic E-state index is 0.265. The number of nitriles is 1. The van der Waals surface area contributed by atoms with Crippen molar-refractivity contribution in [2.75, 3.05) is 38.7 Å². The number of amides is 1. The predicted octanol–water partition coefficient (Wildman–Crippen LogP) is 3.29. The van der Waals surface area contributed by atoms with Gasteiger partial charge in [0.05, 0.1) is 35.8 Å². The molecule has 1 atom stereocenters. The number of hydrogen-bond acceptors (Lipinski definition) is 7. The summed E-state index contributed by atoms with van der Waals surface area (Å²) in [5.74, 6) is -0.783. The Bertz CT molecular complexity index is 1030. The van der Waals surface area contributed by atoms with E-state index in [1.54, 1.807) is 25.4 Å². The third kappa shape index (κ3) is 5.98. The van der Waals surface area contributed by atoms with Crippen LogP contribution in [-0.2, 0) is 9.53 Å². The first-order valence-electron chi connectivity index (χ1n) is 10.3. The fourth-order valence-electron chi connectivity index (χ4n) is 3.48. The predicted molar refractivity (Wildman–Crippen MR) is 128 cm³/mol. The average Bonchev–Trinajstić information content (AvgIpc) is 2.80. The smallest absolute Gasteiger partial charge is 0.254 e. The number of carbonyl (C=O) groups is 1. The maximum Gasteiger partial charge on any atom is 0.254 e. The number of rotatable bonds is 3. The quantitative estimate of drug-likeness (QED) is 0.623. The lowest BCUT2D eigenvalue weighted by molar-refractivity contribution is -0.113. The van der Waals surface area contributed by atoms with Gasteiger partial charge in [-0.1, -0.05) is 24.3 Å². The molecule has 8 heteroatoms. The number of aromatic nitrogens is 1. The van der Waals surface area contributed by atoms with Gasteiger partial charge in [-0.3, -0.25) is 9.78 Å². The van der Waals surface area contributed by atoms with Gasteiger partial charge in [0.2, 0.25) is 0 Å². The Morgan fingerprint density at radius 2 is 1.97 bits per heavy atom. The van der Waals surface area contributed by atoms with Crippen LogP contribution in [-0.4, -0.2) is 49.1 Å². The molecule has 2 aliphatic rings. The van der Waals surface area contributed by atoms with E-state index in [4.69, 9.17) is 4.74 Å². The maximum atomic E-state index is 12.9. The molecule has 1 aromatic carbocycles. The number of likely N-dealkylation sites (N-methyl/N-ethyl adjacent to an activating group) is 1. The van der Waals surface area contributed by atoms with Crippen LogP contribution in [0.5, 0.6) is 0 Å². The van der Waals surface area contributed by atoms with Crippen molar-refractivity contribution in [3.05, 3.63) is 82.3 Å². The first-order chi connectivity index (χ1) is 15.5. The molecule has 1 fully saturated rings. The van der Waals surface area contributed by atoms with Gasteiger partial charge in [-0.25, -0.2) is 0 Å². The highest BCUT2D eigenvalue weighted by atomic mass is 32.1. The Morgan fingerprint density at radius 3 is 2.53 bits per heavy atom. The second-order valence-corrected chi connectivity index (χ2v) is 7.94. The fourth-order valence-corrected chi connectivity index (χ4v) is 3.83. The number of nitrogens with zero attached hydrogens (tertiary/aromatic N) is 3. The van der Waals surface area contributed by atoms with Crippen LogP contribution in [0.25, 0.3) is 0 Å². The van der Waals surface area contributed by atoms with Crippen molar-refractivity contribution in [1.29, 1.82) is 5.26 Å². The number of pyridine rings is 1. The number of carbonyl (C=O) groups excluding carboxylic acids is 1. The van der Waals surface area contributed by atoms with Crippen molar-refractivity contribution >= 4 is 24.2 Å². The third-order valence-corrected chi connectivity index (χ3v) is 5.54. The first-order valence-corrected chi connectivity index (χ1v) is 10.8. The molecule has 7 nitrogen and oxygen atoms in total. The summed E-state index contributed by atoms with van der Waals surface area (Å²) in [5.41, 5.74) is 2.99. The average molecular weight is 450 g/mol. The highest BCUT2D eigenvalue weighted by Crippen LogP contribution is 2.38. The molecule has 4 rings (SSSR count). The van der Waals surface area contributed by atoms with E-state index in [1.165, 1.54) is 0 Å². The minimum atomic E-state index is -0.517. The van der Waals surface area contributed by atoms with Crippen LogP contribution in [0.1, 0.15) is 18.4 Å². The SMILES string of the molecule is CC1=C(C(=O)Nc2ccccc2)C(c2cccnc2)C(C#N)=C(S)N1.CN1CCOCC1. The summed E-state index contributed by atoms with van der Waals surface area (Å²) in [6.45, 7) is 5.82. The highest BCUT2D eigenvalue weighted by Gasteiger charge is 2.33. The summed E-state index contributed by atoms with van der Waals surface area (Å²) in [5, 5.41) is 15.9. The Kier molecular flexibility index (Phi) is 8.45. The van der Waals surface area contributed by atoms with E-state index in [0.717, 1.165) is 31.9 Å². The molecule has 0 radical (unpaired) electrons. The largest absolute Gasteiger partial charge is 0.379 e. The Hall–Kier alpha value is -3.12. The van der Waals surface area contributed by atoms with Gasteiger partial charge in [-0.2, -0.15) is 5.26 Å². The number of morpholine rings is 1. The molecule has 3 heterocycles. The number of nitrogens with one attached hydrogen (secondary N) is 2. The topological polar surface area (TPSA) is 90.3 Å². The van der Waals surface area contributed by atoms with Crippen LogP contribution in [0.15, 0.2) is 76.7 Å². The van der Waals surface area contributed by atoms with Gasteiger partial charge in [0.15, 0.2) is 0 Å². The number of para-hydroxylation sites is 1. The first kappa shape index (κ1) is 23.5. The van der Waals surface area contributed by atoms with Crippen molar-refractivity contribution in [2.45, 2.75) is 12.8 Å². The molecular formula is C24H27N5O2S. The number of hydrogen-bond donors (Lipinski definition) is 3. The monoisotopic (exact) mass is 449 g/mol. The van der Waals surface area contributed by atoms with Crippen LogP contribution in [0.2, 0.25) is 0 Å². The van der Waals surface area contributed by atoms with Crippen LogP contribution >= 0.6 is 12.6 Å². The molecule has 0 aliphatic carbocycles. The highest BCUT2D eigenvalue weighted by molar-refractivity contribution is 7.84. The normalized spacial score (nSPS) is 18.8. The lowest BCUT2D eigenvalue weighted by Crippen LogP contribution is -2.32. The molecule has 0 bridgehead atoms.